The van der Waals surface area contributed by atoms with Crippen LogP contribution < -0.4 is 20.4 Å². The molecule has 2 N–H and O–H groups in total. The first-order valence-electron chi connectivity index (χ1n) is 12.0. The fourth-order valence-corrected chi connectivity index (χ4v) is 5.20. The molecule has 1 aromatic carbocycles. The van der Waals surface area contributed by atoms with Gasteiger partial charge in [-0.25, -0.2) is 0 Å². The molecule has 0 amide bonds. The van der Waals surface area contributed by atoms with E-state index in [-0.39, 0.29) is 6.04 Å². The molecule has 0 bridgehead atoms. The third kappa shape index (κ3) is 5.88. The Morgan fingerprint density at radius 3 is 2.25 bits per heavy atom. The van der Waals surface area contributed by atoms with E-state index in [9.17, 15) is 0 Å². The van der Waals surface area contributed by atoms with E-state index in [0.717, 1.165) is 37.8 Å². The molecule has 0 radical (unpaired) electrons. The molecule has 172 valence electrons. The molecule has 32 heavy (non-hydrogen) atoms. The number of piperidine rings is 2. The van der Waals surface area contributed by atoms with Gasteiger partial charge in [-0.15, -0.1) is 0 Å². The maximum Gasteiger partial charge on any atom is 0.232 e. The molecule has 0 unspecified atom stereocenters. The van der Waals surface area contributed by atoms with Gasteiger partial charge in [0.15, 0.2) is 5.11 Å². The van der Waals surface area contributed by atoms with E-state index in [1.165, 1.54) is 31.2 Å². The van der Waals surface area contributed by atoms with Crippen molar-refractivity contribution in [1.82, 2.24) is 15.3 Å². The Bertz CT molecular complexity index is 889. The van der Waals surface area contributed by atoms with Gasteiger partial charge in [0.05, 0.1) is 6.04 Å². The van der Waals surface area contributed by atoms with Crippen LogP contribution >= 0.6 is 12.2 Å². The summed E-state index contributed by atoms with van der Waals surface area (Å²) in [6.45, 7) is 10.9. The number of anilines is 3. The standard InChI is InChI=1S/C25H36N6S/c1-18-14-19(2)17-31(16-18)23-15-22(30-12-8-5-9-13-30)27-24(28-23)29-25(32)26-20(3)21-10-6-4-7-11-21/h4,6-7,10-11,15,18-20H,5,8-9,12-14,16-17H2,1-3H3,(H2,26,27,28,29,32)/t18-,19-,20+/m1/s1. The summed E-state index contributed by atoms with van der Waals surface area (Å²) in [5.74, 6) is 3.91. The lowest BCUT2D eigenvalue weighted by atomic mass is 9.92. The number of thiocarbonyl (C=S) groups is 1. The van der Waals surface area contributed by atoms with Gasteiger partial charge in [0, 0.05) is 32.2 Å². The van der Waals surface area contributed by atoms with Crippen molar-refractivity contribution in [1.29, 1.82) is 0 Å². The van der Waals surface area contributed by atoms with Crippen LogP contribution in [0.15, 0.2) is 36.4 Å². The Balaban J connectivity index is 1.53. The second kappa shape index (κ2) is 10.5. The Morgan fingerprint density at radius 1 is 0.969 bits per heavy atom. The summed E-state index contributed by atoms with van der Waals surface area (Å²) < 4.78 is 0. The first-order valence-corrected chi connectivity index (χ1v) is 12.4. The molecule has 2 aliphatic rings. The first kappa shape index (κ1) is 22.8. The summed E-state index contributed by atoms with van der Waals surface area (Å²) in [5.41, 5.74) is 1.19. The number of benzene rings is 1. The predicted molar refractivity (Wildman–Crippen MR) is 137 cm³/mol. The smallest absolute Gasteiger partial charge is 0.232 e. The number of hydrogen-bond donors (Lipinski definition) is 2. The summed E-state index contributed by atoms with van der Waals surface area (Å²) in [6.07, 6.45) is 5.01. The summed E-state index contributed by atoms with van der Waals surface area (Å²) in [5, 5.41) is 7.18. The van der Waals surface area contributed by atoms with Crippen molar-refractivity contribution in [3.8, 4) is 0 Å². The number of rotatable bonds is 5. The van der Waals surface area contributed by atoms with Gasteiger partial charge in [0.2, 0.25) is 5.95 Å². The van der Waals surface area contributed by atoms with Gasteiger partial charge in [0.25, 0.3) is 0 Å². The van der Waals surface area contributed by atoms with Crippen LogP contribution in [0.4, 0.5) is 17.6 Å². The average molecular weight is 453 g/mol. The van der Waals surface area contributed by atoms with Crippen molar-refractivity contribution in [3.63, 3.8) is 0 Å². The zero-order valence-electron chi connectivity index (χ0n) is 19.6. The van der Waals surface area contributed by atoms with Gasteiger partial charge in [-0.3, -0.25) is 0 Å². The Hall–Kier alpha value is -2.41. The lowest BCUT2D eigenvalue weighted by Gasteiger charge is -2.36. The molecule has 2 fully saturated rings. The van der Waals surface area contributed by atoms with Crippen molar-refractivity contribution < 1.29 is 0 Å². The van der Waals surface area contributed by atoms with Crippen molar-refractivity contribution in [3.05, 3.63) is 42.0 Å². The van der Waals surface area contributed by atoms with Crippen LogP contribution in [0.1, 0.15) is 58.1 Å². The molecule has 0 aliphatic carbocycles. The lowest BCUT2D eigenvalue weighted by molar-refractivity contribution is 0.355. The van der Waals surface area contributed by atoms with Crippen LogP contribution in [0.2, 0.25) is 0 Å². The van der Waals surface area contributed by atoms with Crippen LogP contribution in [0.5, 0.6) is 0 Å². The lowest BCUT2D eigenvalue weighted by Crippen LogP contribution is -2.40. The zero-order chi connectivity index (χ0) is 22.5. The number of nitrogens with zero attached hydrogens (tertiary/aromatic N) is 4. The van der Waals surface area contributed by atoms with Gasteiger partial charge in [-0.1, -0.05) is 44.2 Å². The van der Waals surface area contributed by atoms with E-state index in [0.29, 0.717) is 22.9 Å². The van der Waals surface area contributed by atoms with Crippen LogP contribution in [0.3, 0.4) is 0 Å². The molecular formula is C25H36N6S. The highest BCUT2D eigenvalue weighted by molar-refractivity contribution is 7.80. The van der Waals surface area contributed by atoms with E-state index in [1.807, 2.05) is 18.2 Å². The van der Waals surface area contributed by atoms with Crippen molar-refractivity contribution in [2.45, 2.75) is 52.5 Å². The molecule has 0 spiro atoms. The zero-order valence-corrected chi connectivity index (χ0v) is 20.4. The number of nitrogens with one attached hydrogen (secondary N) is 2. The van der Waals surface area contributed by atoms with Crippen LogP contribution in [0.25, 0.3) is 0 Å². The highest BCUT2D eigenvalue weighted by atomic mass is 32.1. The minimum Gasteiger partial charge on any atom is -0.356 e. The molecule has 0 saturated carbocycles. The monoisotopic (exact) mass is 452 g/mol. The summed E-state index contributed by atoms with van der Waals surface area (Å²) in [7, 11) is 0. The minimum absolute atomic E-state index is 0.102. The van der Waals surface area contributed by atoms with Crippen LogP contribution in [0, 0.1) is 11.8 Å². The third-order valence-electron chi connectivity index (χ3n) is 6.44. The fourth-order valence-electron chi connectivity index (χ4n) is 4.93. The van der Waals surface area contributed by atoms with E-state index >= 15 is 0 Å². The molecule has 6 nitrogen and oxygen atoms in total. The van der Waals surface area contributed by atoms with Crippen molar-refractivity contribution in [2.75, 3.05) is 41.3 Å². The second-order valence-corrected chi connectivity index (χ2v) is 9.95. The Kier molecular flexibility index (Phi) is 7.45. The van der Waals surface area contributed by atoms with E-state index in [4.69, 9.17) is 22.2 Å². The number of aromatic nitrogens is 2. The summed E-state index contributed by atoms with van der Waals surface area (Å²) >= 11 is 5.62. The summed E-state index contributed by atoms with van der Waals surface area (Å²) in [6, 6.07) is 12.6. The molecule has 1 aromatic heterocycles. The fraction of sp³-hybridized carbons (Fsp3) is 0.560. The average Bonchev–Trinajstić information content (AvgIpc) is 2.79. The van der Waals surface area contributed by atoms with Crippen molar-refractivity contribution >= 4 is 34.9 Å². The highest BCUT2D eigenvalue weighted by Crippen LogP contribution is 2.29. The third-order valence-corrected chi connectivity index (χ3v) is 6.66. The quantitative estimate of drug-likeness (QED) is 0.619. The van der Waals surface area contributed by atoms with E-state index < -0.39 is 0 Å². The molecule has 4 rings (SSSR count). The summed E-state index contributed by atoms with van der Waals surface area (Å²) in [4.78, 5) is 14.6. The van der Waals surface area contributed by atoms with Crippen LogP contribution in [-0.4, -0.2) is 41.3 Å². The van der Waals surface area contributed by atoms with E-state index in [2.05, 4.69) is 59.4 Å². The molecule has 2 saturated heterocycles. The Labute approximate surface area is 197 Å². The molecule has 2 aliphatic heterocycles. The van der Waals surface area contributed by atoms with Gasteiger partial charge in [-0.2, -0.15) is 9.97 Å². The molecular weight excluding hydrogens is 416 g/mol. The van der Waals surface area contributed by atoms with Gasteiger partial charge in [0.1, 0.15) is 11.6 Å². The normalized spacial score (nSPS) is 22.3. The topological polar surface area (TPSA) is 56.3 Å². The van der Waals surface area contributed by atoms with Gasteiger partial charge in [-0.05, 0) is 62.2 Å². The van der Waals surface area contributed by atoms with E-state index in [1.54, 1.807) is 0 Å². The minimum atomic E-state index is 0.102. The number of hydrogen-bond acceptors (Lipinski definition) is 5. The molecule has 3 atom stereocenters. The van der Waals surface area contributed by atoms with Crippen molar-refractivity contribution in [2.24, 2.45) is 11.8 Å². The molecule has 2 aromatic rings. The van der Waals surface area contributed by atoms with Crippen LogP contribution in [-0.2, 0) is 0 Å². The maximum atomic E-state index is 5.62. The Morgan fingerprint density at radius 2 is 1.59 bits per heavy atom. The largest absolute Gasteiger partial charge is 0.356 e. The predicted octanol–water partition coefficient (Wildman–Crippen LogP) is 5.00. The SMILES string of the molecule is C[C@@H]1C[C@@H](C)CN(c2cc(N3CCCCC3)nc(NC(=S)N[C@@H](C)c3ccccc3)n2)C1. The highest BCUT2D eigenvalue weighted by Gasteiger charge is 2.25. The van der Waals surface area contributed by atoms with Gasteiger partial charge < -0.3 is 20.4 Å². The molecule has 3 heterocycles. The second-order valence-electron chi connectivity index (χ2n) is 9.54. The first-order chi connectivity index (χ1) is 15.5. The maximum absolute atomic E-state index is 5.62. The molecule has 7 heteroatoms. The van der Waals surface area contributed by atoms with Gasteiger partial charge >= 0.3 is 0 Å².